The lowest BCUT2D eigenvalue weighted by Gasteiger charge is -2.58. The maximum absolute atomic E-state index is 10.1. The molecular weight excluding hydrogens is 264 g/mol. The van der Waals surface area contributed by atoms with Crippen LogP contribution in [0.25, 0.3) is 0 Å². The van der Waals surface area contributed by atoms with Crippen LogP contribution in [0.15, 0.2) is 0 Å². The molecule has 4 rings (SSSR count). The van der Waals surface area contributed by atoms with Gasteiger partial charge in [-0.3, -0.25) is 9.59 Å². The third-order valence-corrected chi connectivity index (χ3v) is 4.00. The van der Waals surface area contributed by atoms with Gasteiger partial charge < -0.3 is 20.4 Å². The Bertz CT molecular complexity index is 324. The van der Waals surface area contributed by atoms with Crippen LogP contribution < -0.4 is 0 Å². The maximum atomic E-state index is 10.1. The molecule has 0 radical (unpaired) electrons. The van der Waals surface area contributed by atoms with E-state index < -0.39 is 23.1 Å². The number of rotatable bonds is 0. The number of aliphatic carboxylic acids is 2. The molecule has 0 saturated heterocycles. The summed E-state index contributed by atoms with van der Waals surface area (Å²) < 4.78 is 0. The van der Waals surface area contributed by atoms with Gasteiger partial charge in [-0.1, -0.05) is 0 Å². The van der Waals surface area contributed by atoms with Gasteiger partial charge in [-0.2, -0.15) is 0 Å². The van der Waals surface area contributed by atoms with Gasteiger partial charge in [0.25, 0.3) is 11.9 Å². The van der Waals surface area contributed by atoms with Gasteiger partial charge in [-0.15, -0.1) is 0 Å². The largest absolute Gasteiger partial charge is 0.481 e. The minimum absolute atomic E-state index is 0.487. The molecule has 4 N–H and O–H groups in total. The van der Waals surface area contributed by atoms with Crippen molar-refractivity contribution < 1.29 is 30.0 Å². The fraction of sp³-hybridized carbons (Fsp3) is 0.857. The number of hydrogen-bond donors (Lipinski definition) is 4. The molecule has 116 valence electrons. The van der Waals surface area contributed by atoms with E-state index >= 15 is 0 Å². The van der Waals surface area contributed by atoms with Crippen molar-refractivity contribution in [3.8, 4) is 0 Å². The molecule has 6 heteroatoms. The van der Waals surface area contributed by atoms with Crippen LogP contribution in [0, 0.1) is 11.8 Å². The molecule has 0 unspecified atom stereocenters. The Labute approximate surface area is 118 Å². The van der Waals surface area contributed by atoms with Crippen molar-refractivity contribution in [3.63, 3.8) is 0 Å². The minimum Gasteiger partial charge on any atom is -0.481 e. The highest BCUT2D eigenvalue weighted by atomic mass is 16.4. The molecule has 0 spiro atoms. The van der Waals surface area contributed by atoms with Crippen molar-refractivity contribution >= 4 is 11.9 Å². The first kappa shape index (κ1) is 16.9. The first-order valence-electron chi connectivity index (χ1n) is 6.87. The van der Waals surface area contributed by atoms with E-state index in [0.29, 0.717) is 18.3 Å². The normalized spacial score (nSPS) is 40.0. The summed E-state index contributed by atoms with van der Waals surface area (Å²) in [6, 6.07) is 0. The second-order valence-corrected chi connectivity index (χ2v) is 6.45. The Morgan fingerprint density at radius 3 is 1.30 bits per heavy atom. The molecule has 0 aromatic rings. The van der Waals surface area contributed by atoms with E-state index in [1.807, 2.05) is 0 Å². The maximum Gasteiger partial charge on any atom is 0.300 e. The highest BCUT2D eigenvalue weighted by Gasteiger charge is 2.56. The molecule has 20 heavy (non-hydrogen) atoms. The molecule has 4 saturated carbocycles. The van der Waals surface area contributed by atoms with Crippen LogP contribution in [-0.4, -0.2) is 43.6 Å². The molecule has 0 aliphatic heterocycles. The van der Waals surface area contributed by atoms with Crippen LogP contribution in [0.1, 0.15) is 52.4 Å². The fourth-order valence-electron chi connectivity index (χ4n) is 4.17. The van der Waals surface area contributed by atoms with Crippen LogP contribution in [0.2, 0.25) is 0 Å². The van der Waals surface area contributed by atoms with Crippen LogP contribution in [-0.2, 0) is 9.59 Å². The molecule has 6 nitrogen and oxygen atoms in total. The van der Waals surface area contributed by atoms with Gasteiger partial charge in [0.15, 0.2) is 0 Å². The molecule has 0 atom stereocenters. The fourth-order valence-corrected chi connectivity index (χ4v) is 4.17. The Kier molecular flexibility index (Phi) is 5.15. The Morgan fingerprint density at radius 1 is 0.850 bits per heavy atom. The van der Waals surface area contributed by atoms with Gasteiger partial charge in [0.1, 0.15) is 0 Å². The molecule has 4 aliphatic rings. The summed E-state index contributed by atoms with van der Waals surface area (Å²) in [5.74, 6) is -0.442. The summed E-state index contributed by atoms with van der Waals surface area (Å²) in [6.45, 7) is 2.17. The second-order valence-electron chi connectivity index (χ2n) is 6.45. The minimum atomic E-state index is -0.833. The molecule has 0 heterocycles. The number of carboxylic acid groups (broad SMARTS) is 2. The zero-order valence-corrected chi connectivity index (χ0v) is 12.0. The average Bonchev–Trinajstić information content (AvgIpc) is 2.07. The zero-order chi connectivity index (χ0) is 15.6. The molecular formula is C14H24O6. The van der Waals surface area contributed by atoms with E-state index in [0.717, 1.165) is 39.5 Å². The lowest BCUT2D eigenvalue weighted by Crippen LogP contribution is -2.58. The van der Waals surface area contributed by atoms with Crippen LogP contribution >= 0.6 is 0 Å². The van der Waals surface area contributed by atoms with Crippen LogP contribution in [0.5, 0.6) is 0 Å². The SMILES string of the molecule is CC(=O)O.CC(=O)O.OC12CC3CC(C1)CC(O)(C3)C2. The van der Waals surface area contributed by atoms with Crippen molar-refractivity contribution in [2.75, 3.05) is 0 Å². The number of hydrogen-bond acceptors (Lipinski definition) is 4. The van der Waals surface area contributed by atoms with Gasteiger partial charge in [0, 0.05) is 20.3 Å². The number of carbonyl (C=O) groups is 2. The van der Waals surface area contributed by atoms with Crippen molar-refractivity contribution in [3.05, 3.63) is 0 Å². The number of aliphatic hydroxyl groups is 2. The van der Waals surface area contributed by atoms with Crippen molar-refractivity contribution in [2.45, 2.75) is 63.6 Å². The summed E-state index contributed by atoms with van der Waals surface area (Å²) in [7, 11) is 0. The van der Waals surface area contributed by atoms with Crippen LogP contribution in [0.4, 0.5) is 0 Å². The topological polar surface area (TPSA) is 115 Å². The van der Waals surface area contributed by atoms with E-state index in [1.165, 1.54) is 6.42 Å². The Hall–Kier alpha value is -1.14. The lowest BCUT2D eigenvalue weighted by molar-refractivity contribution is -0.198. The summed E-state index contributed by atoms with van der Waals surface area (Å²) in [4.78, 5) is 18.0. The summed E-state index contributed by atoms with van der Waals surface area (Å²) >= 11 is 0. The Morgan fingerprint density at radius 2 is 1.10 bits per heavy atom. The summed E-state index contributed by atoms with van der Waals surface area (Å²) in [5.41, 5.74) is -0.975. The summed E-state index contributed by atoms with van der Waals surface area (Å²) in [6.07, 6.45) is 5.70. The predicted octanol–water partition coefficient (Wildman–Crippen LogP) is 1.24. The van der Waals surface area contributed by atoms with E-state index in [4.69, 9.17) is 19.8 Å². The Balaban J connectivity index is 0.000000212. The number of carboxylic acids is 2. The smallest absolute Gasteiger partial charge is 0.300 e. The van der Waals surface area contributed by atoms with Gasteiger partial charge in [0.05, 0.1) is 11.2 Å². The molecule has 0 aromatic carbocycles. The molecule has 4 bridgehead atoms. The standard InChI is InChI=1S/C10H16O2.2C2H4O2/c11-9-2-7-1-8(4-9)5-10(12,3-7)6-9;2*1-2(3)4/h7-8,11-12H,1-6H2;2*1H3,(H,3,4). The third-order valence-electron chi connectivity index (χ3n) is 4.00. The van der Waals surface area contributed by atoms with E-state index in [2.05, 4.69) is 0 Å². The van der Waals surface area contributed by atoms with Crippen molar-refractivity contribution in [2.24, 2.45) is 11.8 Å². The highest BCUT2D eigenvalue weighted by Crippen LogP contribution is 2.57. The van der Waals surface area contributed by atoms with Gasteiger partial charge in [-0.25, -0.2) is 0 Å². The second kappa shape index (κ2) is 6.10. The molecule has 0 aromatic heterocycles. The van der Waals surface area contributed by atoms with Crippen LogP contribution in [0.3, 0.4) is 0 Å². The predicted molar refractivity (Wildman–Crippen MR) is 71.2 cm³/mol. The zero-order valence-electron chi connectivity index (χ0n) is 12.0. The van der Waals surface area contributed by atoms with Gasteiger partial charge >= 0.3 is 0 Å². The summed E-state index contributed by atoms with van der Waals surface area (Å²) in [5, 5.41) is 35.0. The third kappa shape index (κ3) is 5.09. The van der Waals surface area contributed by atoms with Gasteiger partial charge in [0.2, 0.25) is 0 Å². The first-order chi connectivity index (χ1) is 9.03. The monoisotopic (exact) mass is 288 g/mol. The van der Waals surface area contributed by atoms with Crippen molar-refractivity contribution in [1.82, 2.24) is 0 Å². The highest BCUT2D eigenvalue weighted by molar-refractivity contribution is 5.63. The first-order valence-corrected chi connectivity index (χ1v) is 6.87. The molecule has 4 aliphatic carbocycles. The molecule has 0 amide bonds. The van der Waals surface area contributed by atoms with Crippen molar-refractivity contribution in [1.29, 1.82) is 0 Å². The van der Waals surface area contributed by atoms with E-state index in [1.54, 1.807) is 0 Å². The quantitative estimate of drug-likeness (QED) is 0.533. The van der Waals surface area contributed by atoms with E-state index in [9.17, 15) is 10.2 Å². The van der Waals surface area contributed by atoms with E-state index in [-0.39, 0.29) is 0 Å². The molecule has 4 fully saturated rings. The van der Waals surface area contributed by atoms with Gasteiger partial charge in [-0.05, 0) is 43.9 Å². The average molecular weight is 288 g/mol. The lowest BCUT2D eigenvalue weighted by atomic mass is 9.52.